The lowest BCUT2D eigenvalue weighted by atomic mass is 9.80. The summed E-state index contributed by atoms with van der Waals surface area (Å²) >= 11 is 0. The van der Waals surface area contributed by atoms with Crippen molar-refractivity contribution in [3.05, 3.63) is 36.0 Å². The number of hydrogen-bond donors (Lipinski definition) is 2. The zero-order valence-corrected chi connectivity index (χ0v) is 12.7. The Bertz CT molecular complexity index is 557. The van der Waals surface area contributed by atoms with Crippen molar-refractivity contribution < 1.29 is 0 Å². The smallest absolute Gasteiger partial charge is 0.0456 e. The van der Waals surface area contributed by atoms with Crippen LogP contribution in [0.1, 0.15) is 38.7 Å². The van der Waals surface area contributed by atoms with Crippen LogP contribution in [0, 0.1) is 11.8 Å². The number of aromatic amines is 1. The van der Waals surface area contributed by atoms with Gasteiger partial charge in [-0.1, -0.05) is 38.5 Å². The number of benzene rings is 1. The Hall–Kier alpha value is -1.28. The molecular formula is C18H26N2. The third-order valence-electron chi connectivity index (χ3n) is 4.93. The van der Waals surface area contributed by atoms with Gasteiger partial charge in [0.1, 0.15) is 0 Å². The van der Waals surface area contributed by atoms with Crippen molar-refractivity contribution in [2.24, 2.45) is 11.8 Å². The molecule has 1 fully saturated rings. The molecule has 1 aromatic carbocycles. The van der Waals surface area contributed by atoms with E-state index in [1.165, 1.54) is 35.7 Å². The summed E-state index contributed by atoms with van der Waals surface area (Å²) in [5.74, 6) is 1.71. The molecule has 0 bridgehead atoms. The lowest BCUT2D eigenvalue weighted by molar-refractivity contribution is 0.230. The molecule has 108 valence electrons. The van der Waals surface area contributed by atoms with Gasteiger partial charge in [-0.05, 0) is 49.3 Å². The van der Waals surface area contributed by atoms with E-state index in [9.17, 15) is 0 Å². The van der Waals surface area contributed by atoms with Gasteiger partial charge in [-0.25, -0.2) is 0 Å². The lowest BCUT2D eigenvalue weighted by Crippen LogP contribution is -2.40. The molecular weight excluding hydrogens is 244 g/mol. The molecule has 2 heteroatoms. The zero-order chi connectivity index (χ0) is 13.9. The SMILES string of the molecule is CC1CCC(C)C(NCCc2c[nH]c3ccccc23)C1. The van der Waals surface area contributed by atoms with Crippen LogP contribution in [0.5, 0.6) is 0 Å². The molecule has 0 saturated heterocycles. The average molecular weight is 270 g/mol. The zero-order valence-electron chi connectivity index (χ0n) is 12.7. The second-order valence-corrected chi connectivity index (χ2v) is 6.57. The first-order chi connectivity index (χ1) is 9.74. The fraction of sp³-hybridized carbons (Fsp3) is 0.556. The normalized spacial score (nSPS) is 27.0. The average Bonchev–Trinajstić information content (AvgIpc) is 2.86. The van der Waals surface area contributed by atoms with E-state index in [-0.39, 0.29) is 0 Å². The number of nitrogens with one attached hydrogen (secondary N) is 2. The van der Waals surface area contributed by atoms with Crippen molar-refractivity contribution in [2.45, 2.75) is 45.6 Å². The molecule has 1 heterocycles. The van der Waals surface area contributed by atoms with Crippen LogP contribution in [0.4, 0.5) is 0 Å². The van der Waals surface area contributed by atoms with Crippen LogP contribution in [0.15, 0.2) is 30.5 Å². The van der Waals surface area contributed by atoms with Crippen LogP contribution in [0.2, 0.25) is 0 Å². The van der Waals surface area contributed by atoms with Crippen LogP contribution in [0.3, 0.4) is 0 Å². The number of fused-ring (bicyclic) bond motifs is 1. The molecule has 1 aliphatic carbocycles. The minimum absolute atomic E-state index is 0.712. The van der Waals surface area contributed by atoms with Gasteiger partial charge in [0.05, 0.1) is 0 Å². The van der Waals surface area contributed by atoms with E-state index in [2.05, 4.69) is 54.6 Å². The van der Waals surface area contributed by atoms with Gasteiger partial charge in [-0.15, -0.1) is 0 Å². The van der Waals surface area contributed by atoms with Crippen molar-refractivity contribution >= 4 is 10.9 Å². The van der Waals surface area contributed by atoms with Crippen LogP contribution in [-0.2, 0) is 6.42 Å². The van der Waals surface area contributed by atoms with Crippen molar-refractivity contribution in [1.82, 2.24) is 10.3 Å². The second-order valence-electron chi connectivity index (χ2n) is 6.57. The van der Waals surface area contributed by atoms with Gasteiger partial charge < -0.3 is 10.3 Å². The molecule has 3 unspecified atom stereocenters. The van der Waals surface area contributed by atoms with E-state index in [1.807, 2.05) is 0 Å². The van der Waals surface area contributed by atoms with Crippen LogP contribution in [-0.4, -0.2) is 17.6 Å². The molecule has 2 N–H and O–H groups in total. The Kier molecular flexibility index (Phi) is 4.11. The molecule has 0 aliphatic heterocycles. The summed E-state index contributed by atoms with van der Waals surface area (Å²) in [6.45, 7) is 5.87. The quantitative estimate of drug-likeness (QED) is 0.859. The summed E-state index contributed by atoms with van der Waals surface area (Å²) in [7, 11) is 0. The van der Waals surface area contributed by atoms with Crippen molar-refractivity contribution in [3.8, 4) is 0 Å². The standard InChI is InChI=1S/C18H26N2/c1-13-7-8-14(2)18(11-13)19-10-9-15-12-20-17-6-4-3-5-16(15)17/h3-6,12-14,18-20H,7-11H2,1-2H3. The first-order valence-electron chi connectivity index (χ1n) is 8.02. The van der Waals surface area contributed by atoms with Crippen molar-refractivity contribution in [1.29, 1.82) is 0 Å². The number of aromatic nitrogens is 1. The molecule has 3 atom stereocenters. The van der Waals surface area contributed by atoms with E-state index >= 15 is 0 Å². The Morgan fingerprint density at radius 3 is 2.95 bits per heavy atom. The summed E-state index contributed by atoms with van der Waals surface area (Å²) < 4.78 is 0. The predicted molar refractivity (Wildman–Crippen MR) is 86.0 cm³/mol. The van der Waals surface area contributed by atoms with E-state index in [4.69, 9.17) is 0 Å². The first kappa shape index (κ1) is 13.7. The Balaban J connectivity index is 1.57. The molecule has 1 aromatic heterocycles. The fourth-order valence-corrected chi connectivity index (χ4v) is 3.55. The molecule has 0 spiro atoms. The minimum atomic E-state index is 0.712. The maximum atomic E-state index is 3.79. The van der Waals surface area contributed by atoms with Crippen LogP contribution < -0.4 is 5.32 Å². The monoisotopic (exact) mass is 270 g/mol. The Morgan fingerprint density at radius 1 is 1.20 bits per heavy atom. The van der Waals surface area contributed by atoms with Crippen LogP contribution in [0.25, 0.3) is 10.9 Å². The van der Waals surface area contributed by atoms with Gasteiger partial charge in [-0.3, -0.25) is 0 Å². The van der Waals surface area contributed by atoms with Gasteiger partial charge in [0.2, 0.25) is 0 Å². The highest BCUT2D eigenvalue weighted by Crippen LogP contribution is 2.28. The number of rotatable bonds is 4. The van der Waals surface area contributed by atoms with Crippen molar-refractivity contribution in [3.63, 3.8) is 0 Å². The van der Waals surface area contributed by atoms with Gasteiger partial charge in [-0.2, -0.15) is 0 Å². The maximum Gasteiger partial charge on any atom is 0.0456 e. The lowest BCUT2D eigenvalue weighted by Gasteiger charge is -2.33. The van der Waals surface area contributed by atoms with Gasteiger partial charge in [0.15, 0.2) is 0 Å². The van der Waals surface area contributed by atoms with Gasteiger partial charge in [0.25, 0.3) is 0 Å². The summed E-state index contributed by atoms with van der Waals surface area (Å²) in [4.78, 5) is 3.36. The van der Waals surface area contributed by atoms with E-state index < -0.39 is 0 Å². The fourth-order valence-electron chi connectivity index (χ4n) is 3.55. The molecule has 1 aliphatic rings. The third-order valence-corrected chi connectivity index (χ3v) is 4.93. The number of hydrogen-bond acceptors (Lipinski definition) is 1. The summed E-state index contributed by atoms with van der Waals surface area (Å²) in [6, 6.07) is 9.29. The van der Waals surface area contributed by atoms with Gasteiger partial charge >= 0.3 is 0 Å². The first-order valence-corrected chi connectivity index (χ1v) is 8.02. The summed E-state index contributed by atoms with van der Waals surface area (Å²) in [6.07, 6.45) is 7.41. The predicted octanol–water partition coefficient (Wildman–Crippen LogP) is 4.12. The highest BCUT2D eigenvalue weighted by Gasteiger charge is 2.24. The highest BCUT2D eigenvalue weighted by molar-refractivity contribution is 5.83. The third kappa shape index (κ3) is 2.90. The maximum absolute atomic E-state index is 3.79. The number of H-pyrrole nitrogens is 1. The van der Waals surface area contributed by atoms with E-state index in [1.54, 1.807) is 0 Å². The van der Waals surface area contributed by atoms with E-state index in [0.717, 1.165) is 24.8 Å². The van der Waals surface area contributed by atoms with E-state index in [0.29, 0.717) is 6.04 Å². The Morgan fingerprint density at radius 2 is 2.05 bits per heavy atom. The largest absolute Gasteiger partial charge is 0.361 e. The van der Waals surface area contributed by atoms with Gasteiger partial charge in [0, 0.05) is 23.1 Å². The second kappa shape index (κ2) is 6.01. The molecule has 0 radical (unpaired) electrons. The van der Waals surface area contributed by atoms with Crippen molar-refractivity contribution in [2.75, 3.05) is 6.54 Å². The minimum Gasteiger partial charge on any atom is -0.361 e. The molecule has 20 heavy (non-hydrogen) atoms. The topological polar surface area (TPSA) is 27.8 Å². The number of para-hydroxylation sites is 1. The molecule has 3 rings (SSSR count). The molecule has 2 aromatic rings. The highest BCUT2D eigenvalue weighted by atomic mass is 14.9. The summed E-state index contributed by atoms with van der Waals surface area (Å²) in [5.41, 5.74) is 2.69. The van der Waals surface area contributed by atoms with Crippen LogP contribution >= 0.6 is 0 Å². The molecule has 2 nitrogen and oxygen atoms in total. The molecule has 0 amide bonds. The Labute approximate surface area is 122 Å². The summed E-state index contributed by atoms with van der Waals surface area (Å²) in [5, 5.41) is 5.17. The molecule has 1 saturated carbocycles.